The second kappa shape index (κ2) is 3.09. The Morgan fingerprint density at radius 3 is 3.11 bits per heavy atom. The van der Waals surface area contributed by atoms with Crippen molar-refractivity contribution in [3.63, 3.8) is 0 Å². The van der Waals surface area contributed by atoms with Crippen LogP contribution >= 0.6 is 11.3 Å². The maximum Gasteiger partial charge on any atom is 0.329 e. The number of carbonyl (C=O) groups excluding carboxylic acids is 1. The molecule has 1 rings (SSSR count). The van der Waals surface area contributed by atoms with E-state index in [1.165, 1.54) is 17.7 Å². The van der Waals surface area contributed by atoms with Crippen LogP contribution in [-0.2, 0) is 4.79 Å². The van der Waals surface area contributed by atoms with Crippen molar-refractivity contribution in [1.29, 1.82) is 0 Å². The second-order valence-electron chi connectivity index (χ2n) is 1.33. The maximum atomic E-state index is 9.61. The molecule has 1 aromatic rings. The number of thiophene rings is 1. The Hall–Kier alpha value is -1.03. The first-order chi connectivity index (χ1) is 4.43. The molecule has 0 unspecified atom stereocenters. The minimum Gasteiger partial charge on any atom is -0.288 e. The molecule has 2 N–H and O–H groups in total. The lowest BCUT2D eigenvalue weighted by atomic mass is 10.6. The van der Waals surface area contributed by atoms with Crippen molar-refractivity contribution in [3.05, 3.63) is 17.5 Å². The highest BCUT2D eigenvalue weighted by Crippen LogP contribution is 2.12. The van der Waals surface area contributed by atoms with Crippen LogP contribution in [0, 0.1) is 0 Å². The molecule has 1 radical (unpaired) electrons. The van der Waals surface area contributed by atoms with Gasteiger partial charge in [0, 0.05) is 0 Å². The Balaban J connectivity index is 2.38. The fraction of sp³-hybridized carbons (Fsp3) is 0. The van der Waals surface area contributed by atoms with Gasteiger partial charge in [0.2, 0.25) is 0 Å². The Bertz CT molecular complexity index is 173. The van der Waals surface area contributed by atoms with Crippen molar-refractivity contribution in [2.75, 3.05) is 5.43 Å². The van der Waals surface area contributed by atoms with E-state index in [1.54, 1.807) is 0 Å². The number of hydrazine groups is 1. The van der Waals surface area contributed by atoms with Crippen LogP contribution in [0.5, 0.6) is 0 Å². The molecule has 0 saturated heterocycles. The second-order valence-corrected chi connectivity index (χ2v) is 2.28. The topological polar surface area (TPSA) is 41.1 Å². The first-order valence-electron chi connectivity index (χ1n) is 2.35. The van der Waals surface area contributed by atoms with E-state index in [-0.39, 0.29) is 0 Å². The van der Waals surface area contributed by atoms with Gasteiger partial charge in [-0.3, -0.25) is 15.6 Å². The molecule has 1 aromatic heterocycles. The minimum absolute atomic E-state index is 0.901. The Labute approximate surface area is 56.7 Å². The van der Waals surface area contributed by atoms with Gasteiger partial charge in [0.05, 0.1) is 0 Å². The lowest BCUT2D eigenvalue weighted by molar-refractivity contribution is 0.548. The van der Waals surface area contributed by atoms with E-state index in [4.69, 9.17) is 0 Å². The first kappa shape index (κ1) is 6.10. The van der Waals surface area contributed by atoms with Crippen LogP contribution in [0.4, 0.5) is 5.00 Å². The van der Waals surface area contributed by atoms with E-state index < -0.39 is 0 Å². The van der Waals surface area contributed by atoms with Gasteiger partial charge >= 0.3 is 6.41 Å². The summed E-state index contributed by atoms with van der Waals surface area (Å²) in [5.74, 6) is 0. The van der Waals surface area contributed by atoms with Gasteiger partial charge in [-0.2, -0.15) is 0 Å². The molecule has 1 amide bonds. The molecule has 0 fully saturated rings. The highest BCUT2D eigenvalue weighted by Gasteiger charge is 1.86. The number of nitrogens with one attached hydrogen (secondary N) is 2. The van der Waals surface area contributed by atoms with Crippen molar-refractivity contribution in [2.24, 2.45) is 0 Å². The normalized spacial score (nSPS) is 8.44. The predicted octanol–water partition coefficient (Wildman–Crippen LogP) is 0.732. The molecule has 0 aliphatic heterocycles. The van der Waals surface area contributed by atoms with Crippen LogP contribution in [0.1, 0.15) is 0 Å². The van der Waals surface area contributed by atoms with E-state index in [9.17, 15) is 4.79 Å². The largest absolute Gasteiger partial charge is 0.329 e. The molecule has 4 heteroatoms. The van der Waals surface area contributed by atoms with E-state index >= 15 is 0 Å². The van der Waals surface area contributed by atoms with Crippen LogP contribution in [0.15, 0.2) is 17.5 Å². The van der Waals surface area contributed by atoms with Crippen LogP contribution < -0.4 is 10.9 Å². The van der Waals surface area contributed by atoms with Gasteiger partial charge < -0.3 is 0 Å². The van der Waals surface area contributed by atoms with Gasteiger partial charge in [-0.1, -0.05) is 0 Å². The molecule has 47 valence electrons. The van der Waals surface area contributed by atoms with Crippen molar-refractivity contribution >= 4 is 22.7 Å². The van der Waals surface area contributed by atoms with E-state index in [2.05, 4.69) is 10.9 Å². The molecule has 3 nitrogen and oxygen atoms in total. The Morgan fingerprint density at radius 2 is 2.56 bits per heavy atom. The molecule has 0 atom stereocenters. The van der Waals surface area contributed by atoms with Gasteiger partial charge in [0.15, 0.2) is 0 Å². The minimum atomic E-state index is 0.901. The summed E-state index contributed by atoms with van der Waals surface area (Å²) < 4.78 is 0. The molecule has 0 aliphatic rings. The average molecular weight is 141 g/mol. The summed E-state index contributed by atoms with van der Waals surface area (Å²) in [4.78, 5) is 9.61. The summed E-state index contributed by atoms with van der Waals surface area (Å²) in [7, 11) is 0. The van der Waals surface area contributed by atoms with E-state index in [0.29, 0.717) is 0 Å². The molecule has 0 aromatic carbocycles. The van der Waals surface area contributed by atoms with E-state index in [1.807, 2.05) is 17.5 Å². The molecule has 0 saturated carbocycles. The summed E-state index contributed by atoms with van der Waals surface area (Å²) in [5.41, 5.74) is 4.82. The van der Waals surface area contributed by atoms with Gasteiger partial charge in [-0.15, -0.1) is 11.3 Å². The van der Waals surface area contributed by atoms with Crippen molar-refractivity contribution < 1.29 is 4.79 Å². The van der Waals surface area contributed by atoms with Gasteiger partial charge in [-0.05, 0) is 17.5 Å². The number of amides is 1. The highest BCUT2D eigenvalue weighted by molar-refractivity contribution is 7.14. The first-order valence-corrected chi connectivity index (χ1v) is 3.23. The Morgan fingerprint density at radius 1 is 1.67 bits per heavy atom. The third kappa shape index (κ3) is 1.73. The van der Waals surface area contributed by atoms with Gasteiger partial charge in [0.25, 0.3) is 0 Å². The number of rotatable bonds is 3. The Kier molecular flexibility index (Phi) is 2.09. The molecule has 0 aliphatic carbocycles. The van der Waals surface area contributed by atoms with Gasteiger partial charge in [0.1, 0.15) is 5.00 Å². The summed E-state index contributed by atoms with van der Waals surface area (Å²) in [6.07, 6.45) is 1.50. The summed E-state index contributed by atoms with van der Waals surface area (Å²) >= 11 is 1.51. The number of anilines is 1. The summed E-state index contributed by atoms with van der Waals surface area (Å²) in [5, 5.41) is 2.81. The molecular formula is C5H5N2OS. The predicted molar refractivity (Wildman–Crippen MR) is 36.8 cm³/mol. The van der Waals surface area contributed by atoms with Gasteiger partial charge in [-0.25, -0.2) is 0 Å². The van der Waals surface area contributed by atoms with Crippen molar-refractivity contribution in [3.8, 4) is 0 Å². The third-order valence-corrected chi connectivity index (χ3v) is 1.54. The standard InChI is InChI=1S/C5H5N2OS/c8-4-6-7-5-2-1-3-9-5/h1-3,7H,(H,6,8). The third-order valence-electron chi connectivity index (χ3n) is 0.758. The monoisotopic (exact) mass is 141 g/mol. The fourth-order valence-electron chi connectivity index (χ4n) is 0.437. The van der Waals surface area contributed by atoms with E-state index in [0.717, 1.165) is 5.00 Å². The molecule has 9 heavy (non-hydrogen) atoms. The molecule has 0 spiro atoms. The molecular weight excluding hydrogens is 136 g/mol. The quantitative estimate of drug-likeness (QED) is 0.481. The van der Waals surface area contributed by atoms with Crippen LogP contribution in [-0.4, -0.2) is 6.41 Å². The maximum absolute atomic E-state index is 9.61. The fourth-order valence-corrected chi connectivity index (χ4v) is 1.01. The van der Waals surface area contributed by atoms with Crippen LogP contribution in [0.25, 0.3) is 0 Å². The van der Waals surface area contributed by atoms with Crippen LogP contribution in [0.2, 0.25) is 0 Å². The number of hydrogen-bond donors (Lipinski definition) is 2. The van der Waals surface area contributed by atoms with Crippen molar-refractivity contribution in [1.82, 2.24) is 5.43 Å². The van der Waals surface area contributed by atoms with Crippen molar-refractivity contribution in [2.45, 2.75) is 0 Å². The zero-order chi connectivity index (χ0) is 6.53. The zero-order valence-corrected chi connectivity index (χ0v) is 5.37. The lowest BCUT2D eigenvalue weighted by Gasteiger charge is -1.95. The zero-order valence-electron chi connectivity index (χ0n) is 4.55. The highest BCUT2D eigenvalue weighted by atomic mass is 32.1. The smallest absolute Gasteiger partial charge is 0.288 e. The van der Waals surface area contributed by atoms with Crippen LogP contribution in [0.3, 0.4) is 0 Å². The summed E-state index contributed by atoms with van der Waals surface area (Å²) in [6.45, 7) is 0. The molecule has 0 bridgehead atoms. The lowest BCUT2D eigenvalue weighted by Crippen LogP contribution is -2.17. The summed E-state index contributed by atoms with van der Waals surface area (Å²) in [6, 6.07) is 3.74. The molecule has 1 heterocycles. The average Bonchev–Trinajstić information content (AvgIpc) is 2.34. The number of hydrogen-bond acceptors (Lipinski definition) is 3. The SMILES string of the molecule is O=[C]NNc1cccs1.